The second-order valence-corrected chi connectivity index (χ2v) is 6.48. The van der Waals surface area contributed by atoms with Gasteiger partial charge >= 0.3 is 0 Å². The molecule has 1 amide bonds. The highest BCUT2D eigenvalue weighted by Crippen LogP contribution is 2.11. The van der Waals surface area contributed by atoms with Crippen LogP contribution < -0.4 is 5.32 Å². The van der Waals surface area contributed by atoms with E-state index in [0.29, 0.717) is 12.2 Å². The highest BCUT2D eigenvalue weighted by molar-refractivity contribution is 5.92. The number of halogens is 1. The standard InChI is InChI=1S/C19H23FN4O/c1-15-10-16(12-21-11-15)13-23-6-8-24(9-7-23)14-19(25)22-18-4-2-17(20)3-5-18/h2-5,10-12H,6-9,13-14H2,1H3,(H,22,25). The SMILES string of the molecule is Cc1cncc(CN2CCN(CC(=O)Nc3ccc(F)cc3)CC2)c1. The van der Waals surface area contributed by atoms with Gasteiger partial charge in [-0.1, -0.05) is 6.07 Å². The molecular weight excluding hydrogens is 319 g/mol. The van der Waals surface area contributed by atoms with Gasteiger partial charge in [0.15, 0.2) is 0 Å². The molecular formula is C19H23FN4O. The molecule has 2 heterocycles. The van der Waals surface area contributed by atoms with Gasteiger partial charge < -0.3 is 5.32 Å². The van der Waals surface area contributed by atoms with Crippen molar-refractivity contribution in [3.63, 3.8) is 0 Å². The van der Waals surface area contributed by atoms with Crippen LogP contribution in [-0.4, -0.2) is 53.4 Å². The lowest BCUT2D eigenvalue weighted by Crippen LogP contribution is -2.48. The molecule has 0 unspecified atom stereocenters. The van der Waals surface area contributed by atoms with E-state index in [1.807, 2.05) is 19.3 Å². The molecule has 0 saturated carbocycles. The molecule has 1 aromatic carbocycles. The number of benzene rings is 1. The summed E-state index contributed by atoms with van der Waals surface area (Å²) in [5.74, 6) is -0.374. The Morgan fingerprint density at radius 2 is 1.80 bits per heavy atom. The van der Waals surface area contributed by atoms with E-state index in [4.69, 9.17) is 0 Å². The number of pyridine rings is 1. The molecule has 1 N–H and O–H groups in total. The van der Waals surface area contributed by atoms with Crippen LogP contribution in [0.1, 0.15) is 11.1 Å². The third-order valence-corrected chi connectivity index (χ3v) is 4.30. The lowest BCUT2D eigenvalue weighted by molar-refractivity contribution is -0.117. The van der Waals surface area contributed by atoms with E-state index in [1.54, 1.807) is 12.1 Å². The predicted molar refractivity (Wildman–Crippen MR) is 95.7 cm³/mol. The number of hydrogen-bond donors (Lipinski definition) is 1. The number of hydrogen-bond acceptors (Lipinski definition) is 4. The van der Waals surface area contributed by atoms with Crippen LogP contribution in [0.15, 0.2) is 42.7 Å². The largest absolute Gasteiger partial charge is 0.325 e. The summed E-state index contributed by atoms with van der Waals surface area (Å²) in [6, 6.07) is 7.99. The van der Waals surface area contributed by atoms with Crippen molar-refractivity contribution in [3.05, 3.63) is 59.7 Å². The summed E-state index contributed by atoms with van der Waals surface area (Å²) in [4.78, 5) is 20.9. The summed E-state index contributed by atoms with van der Waals surface area (Å²) in [7, 11) is 0. The monoisotopic (exact) mass is 342 g/mol. The summed E-state index contributed by atoms with van der Waals surface area (Å²) in [6.45, 7) is 6.87. The van der Waals surface area contributed by atoms with Crippen LogP contribution in [0.25, 0.3) is 0 Å². The van der Waals surface area contributed by atoms with E-state index in [1.165, 1.54) is 23.3 Å². The number of carbonyl (C=O) groups is 1. The Morgan fingerprint density at radius 3 is 2.48 bits per heavy atom. The lowest BCUT2D eigenvalue weighted by Gasteiger charge is -2.34. The number of aromatic nitrogens is 1. The molecule has 0 bridgehead atoms. The van der Waals surface area contributed by atoms with Crippen molar-refractivity contribution in [1.29, 1.82) is 0 Å². The predicted octanol–water partition coefficient (Wildman–Crippen LogP) is 2.29. The third kappa shape index (κ3) is 5.34. The fourth-order valence-electron chi connectivity index (χ4n) is 3.00. The summed E-state index contributed by atoms with van der Waals surface area (Å²) in [5, 5.41) is 2.80. The minimum absolute atomic E-state index is 0.0667. The maximum atomic E-state index is 12.9. The van der Waals surface area contributed by atoms with Crippen LogP contribution in [0.5, 0.6) is 0 Å². The highest BCUT2D eigenvalue weighted by Gasteiger charge is 2.19. The van der Waals surface area contributed by atoms with E-state index < -0.39 is 0 Å². The van der Waals surface area contributed by atoms with Crippen molar-refractivity contribution < 1.29 is 9.18 Å². The Morgan fingerprint density at radius 1 is 1.12 bits per heavy atom. The van der Waals surface area contributed by atoms with Gasteiger partial charge in [0.1, 0.15) is 5.82 Å². The average molecular weight is 342 g/mol. The van der Waals surface area contributed by atoms with Gasteiger partial charge in [0, 0.05) is 50.8 Å². The second kappa shape index (κ2) is 8.18. The zero-order valence-electron chi connectivity index (χ0n) is 14.4. The van der Waals surface area contributed by atoms with Crippen LogP contribution in [0, 0.1) is 12.7 Å². The molecule has 1 fully saturated rings. The van der Waals surface area contributed by atoms with Gasteiger partial charge in [-0.25, -0.2) is 4.39 Å². The molecule has 0 atom stereocenters. The molecule has 132 valence electrons. The summed E-state index contributed by atoms with van der Waals surface area (Å²) >= 11 is 0. The van der Waals surface area contributed by atoms with Gasteiger partial charge in [0.05, 0.1) is 6.54 Å². The quantitative estimate of drug-likeness (QED) is 0.906. The van der Waals surface area contributed by atoms with Crippen LogP contribution in [0.4, 0.5) is 10.1 Å². The zero-order chi connectivity index (χ0) is 17.6. The summed E-state index contributed by atoms with van der Waals surface area (Å²) in [6.07, 6.45) is 3.77. The van der Waals surface area contributed by atoms with E-state index in [-0.39, 0.29) is 11.7 Å². The topological polar surface area (TPSA) is 48.5 Å². The molecule has 1 aliphatic rings. The maximum Gasteiger partial charge on any atom is 0.238 e. The van der Waals surface area contributed by atoms with Gasteiger partial charge in [0.2, 0.25) is 5.91 Å². The number of piperazine rings is 1. The van der Waals surface area contributed by atoms with Crippen LogP contribution >= 0.6 is 0 Å². The number of amides is 1. The van der Waals surface area contributed by atoms with Crippen molar-refractivity contribution in [1.82, 2.24) is 14.8 Å². The number of nitrogens with one attached hydrogen (secondary N) is 1. The molecule has 0 aliphatic carbocycles. The molecule has 0 radical (unpaired) electrons. The highest BCUT2D eigenvalue weighted by atomic mass is 19.1. The number of nitrogens with zero attached hydrogens (tertiary/aromatic N) is 3. The zero-order valence-corrected chi connectivity index (χ0v) is 14.4. The Bertz CT molecular complexity index is 712. The van der Waals surface area contributed by atoms with Gasteiger partial charge in [0.25, 0.3) is 0 Å². The molecule has 25 heavy (non-hydrogen) atoms. The van der Waals surface area contributed by atoms with Crippen LogP contribution in [0.2, 0.25) is 0 Å². The summed E-state index contributed by atoms with van der Waals surface area (Å²) < 4.78 is 12.9. The van der Waals surface area contributed by atoms with Crippen molar-refractivity contribution in [3.8, 4) is 0 Å². The first-order valence-corrected chi connectivity index (χ1v) is 8.49. The first kappa shape index (κ1) is 17.5. The molecule has 1 aromatic heterocycles. The number of carbonyl (C=O) groups excluding carboxylic acids is 1. The summed E-state index contributed by atoms with van der Waals surface area (Å²) in [5.41, 5.74) is 3.02. The third-order valence-electron chi connectivity index (χ3n) is 4.30. The van der Waals surface area contributed by atoms with E-state index in [2.05, 4.69) is 26.2 Å². The lowest BCUT2D eigenvalue weighted by atomic mass is 10.2. The molecule has 6 heteroatoms. The number of rotatable bonds is 5. The first-order valence-electron chi connectivity index (χ1n) is 8.49. The molecule has 1 saturated heterocycles. The number of anilines is 1. The van der Waals surface area contributed by atoms with Gasteiger partial charge in [-0.05, 0) is 42.3 Å². The van der Waals surface area contributed by atoms with E-state index >= 15 is 0 Å². The Balaban J connectivity index is 1.42. The first-order chi connectivity index (χ1) is 12.1. The molecule has 3 rings (SSSR count). The van der Waals surface area contributed by atoms with Gasteiger partial charge in [-0.15, -0.1) is 0 Å². The van der Waals surface area contributed by atoms with E-state index in [9.17, 15) is 9.18 Å². The van der Waals surface area contributed by atoms with Gasteiger partial charge in [-0.2, -0.15) is 0 Å². The molecule has 5 nitrogen and oxygen atoms in total. The fourth-order valence-corrected chi connectivity index (χ4v) is 3.00. The Hall–Kier alpha value is -2.31. The van der Waals surface area contributed by atoms with Crippen LogP contribution in [0.3, 0.4) is 0 Å². The van der Waals surface area contributed by atoms with Crippen molar-refractivity contribution in [2.24, 2.45) is 0 Å². The van der Waals surface area contributed by atoms with E-state index in [0.717, 1.165) is 32.7 Å². The molecule has 1 aliphatic heterocycles. The smallest absolute Gasteiger partial charge is 0.238 e. The minimum atomic E-state index is -0.307. The Kier molecular flexibility index (Phi) is 5.73. The second-order valence-electron chi connectivity index (χ2n) is 6.48. The van der Waals surface area contributed by atoms with Gasteiger partial charge in [-0.3, -0.25) is 19.6 Å². The average Bonchev–Trinajstić information content (AvgIpc) is 2.59. The maximum absolute atomic E-state index is 12.9. The number of aryl methyl sites for hydroxylation is 1. The van der Waals surface area contributed by atoms with Crippen LogP contribution in [-0.2, 0) is 11.3 Å². The van der Waals surface area contributed by atoms with Crippen molar-refractivity contribution in [2.75, 3.05) is 38.0 Å². The van der Waals surface area contributed by atoms with Crippen molar-refractivity contribution >= 4 is 11.6 Å². The minimum Gasteiger partial charge on any atom is -0.325 e. The molecule has 2 aromatic rings. The Labute approximate surface area is 147 Å². The molecule has 0 spiro atoms. The fraction of sp³-hybridized carbons (Fsp3) is 0.368. The normalized spacial score (nSPS) is 15.9. The van der Waals surface area contributed by atoms with Crippen molar-refractivity contribution in [2.45, 2.75) is 13.5 Å².